The summed E-state index contributed by atoms with van der Waals surface area (Å²) < 4.78 is 40.2. The fraction of sp³-hybridized carbons (Fsp3) is 0.553. The van der Waals surface area contributed by atoms with Crippen LogP contribution in [0.25, 0.3) is 21.6 Å². The monoisotopic (exact) mass is 749 g/mol. The number of aryl methyl sites for hydroxylation is 1. The summed E-state index contributed by atoms with van der Waals surface area (Å²) in [6, 6.07) is 5.66. The van der Waals surface area contributed by atoms with Crippen LogP contribution in [0.15, 0.2) is 35.7 Å². The molecular weight excluding hydrogens is 703 g/mol. The fourth-order valence-corrected chi connectivity index (χ4v) is 9.85. The van der Waals surface area contributed by atoms with Gasteiger partial charge in [0, 0.05) is 41.9 Å². The first kappa shape index (κ1) is 36.3. The first-order valence-electron chi connectivity index (χ1n) is 18.2. The molecule has 12 nitrogen and oxygen atoms in total. The van der Waals surface area contributed by atoms with Crippen LogP contribution >= 0.6 is 11.3 Å². The number of amides is 3. The minimum atomic E-state index is -3.83. The van der Waals surface area contributed by atoms with Gasteiger partial charge in [-0.3, -0.25) is 19.1 Å². The number of thiazole rings is 1. The predicted octanol–water partition coefficient (Wildman–Crippen LogP) is 5.25. The van der Waals surface area contributed by atoms with Gasteiger partial charge in [-0.15, -0.1) is 11.3 Å². The number of sulfonamides is 1. The maximum Gasteiger partial charge on any atom is 0.259 e. The van der Waals surface area contributed by atoms with Crippen molar-refractivity contribution in [1.82, 2.24) is 24.9 Å². The van der Waals surface area contributed by atoms with E-state index < -0.39 is 50.6 Å². The highest BCUT2D eigenvalue weighted by Gasteiger charge is 2.62. The van der Waals surface area contributed by atoms with Crippen LogP contribution in [0.2, 0.25) is 0 Å². The van der Waals surface area contributed by atoms with E-state index in [-0.39, 0.29) is 30.6 Å². The molecule has 0 radical (unpaired) electrons. The number of hydrogen-bond donors (Lipinski definition) is 2. The molecule has 0 spiro atoms. The largest absolute Gasteiger partial charge is 0.496 e. The van der Waals surface area contributed by atoms with Crippen molar-refractivity contribution in [1.29, 1.82) is 0 Å². The molecular formula is C38H47N5O7S2. The third kappa shape index (κ3) is 7.03. The van der Waals surface area contributed by atoms with E-state index in [1.165, 1.54) is 11.3 Å². The minimum Gasteiger partial charge on any atom is -0.496 e. The molecule has 4 aliphatic rings. The summed E-state index contributed by atoms with van der Waals surface area (Å²) in [4.78, 5) is 53.5. The van der Waals surface area contributed by atoms with Crippen molar-refractivity contribution in [2.45, 2.75) is 94.9 Å². The number of ether oxygens (including phenoxy) is 2. The van der Waals surface area contributed by atoms with Gasteiger partial charge in [0.1, 0.15) is 33.8 Å². The molecule has 0 unspecified atom stereocenters. The summed E-state index contributed by atoms with van der Waals surface area (Å²) in [6.45, 7) is 6.69. The van der Waals surface area contributed by atoms with E-state index in [0.29, 0.717) is 48.5 Å². The number of hydrogen-bond acceptors (Lipinski definition) is 10. The van der Waals surface area contributed by atoms with Crippen molar-refractivity contribution in [2.75, 3.05) is 20.7 Å². The van der Waals surface area contributed by atoms with Crippen LogP contribution in [0, 0.1) is 24.7 Å². The first-order chi connectivity index (χ1) is 24.8. The van der Waals surface area contributed by atoms with E-state index in [4.69, 9.17) is 19.4 Å². The Hall–Kier alpha value is -4.04. The topological polar surface area (TPSA) is 157 Å². The molecule has 3 fully saturated rings. The van der Waals surface area contributed by atoms with Crippen molar-refractivity contribution in [2.24, 2.45) is 17.8 Å². The lowest BCUT2D eigenvalue weighted by Gasteiger charge is -2.26. The Labute approximate surface area is 308 Å². The van der Waals surface area contributed by atoms with Crippen LogP contribution in [0.5, 0.6) is 11.5 Å². The molecule has 14 heteroatoms. The molecule has 2 aromatic heterocycles. The molecule has 1 aromatic carbocycles. The second kappa shape index (κ2) is 14.1. The summed E-state index contributed by atoms with van der Waals surface area (Å²) in [5.74, 6) is -1.63. The lowest BCUT2D eigenvalue weighted by Crippen LogP contribution is -2.54. The standard InChI is InChI=1S/C38H47N5O7S2/c1-21(2)30-20-51-35(40-30)29-18-32(26-13-14-31(49-5)22(3)33(26)39-29)50-24-16-27-28(17-24)36(45)43(4)15-9-7-6-8-10-23-19-38(23,41-34(27)44)37(46)42-52(47,48)25-11-12-25/h8,10,13-14,18,20-21,23-25,27-28H,6-7,9,11-12,15-17,19H2,1-5H3,(H,41,44)(H,42,46)/b10-8+/t23-,24-,27-,28-,38-/m1/s1. The van der Waals surface area contributed by atoms with Gasteiger partial charge in [-0.2, -0.15) is 0 Å². The Bertz CT molecular complexity index is 2040. The number of carbonyl (C=O) groups excluding carboxylic acids is 3. The molecule has 3 heterocycles. The number of fused-ring (bicyclic) bond motifs is 3. The Morgan fingerprint density at radius 2 is 1.88 bits per heavy atom. The highest BCUT2D eigenvalue weighted by molar-refractivity contribution is 7.91. The molecule has 3 saturated carbocycles. The average molecular weight is 750 g/mol. The molecule has 5 atom stereocenters. The summed E-state index contributed by atoms with van der Waals surface area (Å²) in [7, 11) is -0.445. The second-order valence-electron chi connectivity index (χ2n) is 15.1. The summed E-state index contributed by atoms with van der Waals surface area (Å²) in [5, 5.41) is 5.95. The molecule has 0 bridgehead atoms. The lowest BCUT2D eigenvalue weighted by molar-refractivity contribution is -0.140. The lowest BCUT2D eigenvalue weighted by atomic mass is 9.93. The van der Waals surface area contributed by atoms with Crippen molar-refractivity contribution in [3.05, 3.63) is 47.0 Å². The minimum absolute atomic E-state index is 0.147. The van der Waals surface area contributed by atoms with Crippen LogP contribution in [0.3, 0.4) is 0 Å². The van der Waals surface area contributed by atoms with Gasteiger partial charge in [0.2, 0.25) is 21.8 Å². The summed E-state index contributed by atoms with van der Waals surface area (Å²) >= 11 is 1.51. The predicted molar refractivity (Wildman–Crippen MR) is 199 cm³/mol. The first-order valence-corrected chi connectivity index (χ1v) is 20.6. The Morgan fingerprint density at radius 1 is 1.12 bits per heavy atom. The van der Waals surface area contributed by atoms with E-state index in [9.17, 15) is 22.8 Å². The summed E-state index contributed by atoms with van der Waals surface area (Å²) in [6.07, 6.45) is 7.61. The van der Waals surface area contributed by atoms with E-state index in [1.54, 1.807) is 19.1 Å². The van der Waals surface area contributed by atoms with Crippen molar-refractivity contribution in [3.63, 3.8) is 0 Å². The number of pyridine rings is 1. The highest BCUT2D eigenvalue weighted by Crippen LogP contribution is 2.47. The van der Waals surface area contributed by atoms with Gasteiger partial charge in [-0.05, 0) is 76.3 Å². The molecule has 2 N–H and O–H groups in total. The molecule has 7 rings (SSSR count). The molecule has 3 amide bonds. The number of nitrogens with one attached hydrogen (secondary N) is 2. The van der Waals surface area contributed by atoms with Gasteiger partial charge in [0.25, 0.3) is 5.91 Å². The molecule has 278 valence electrons. The Morgan fingerprint density at radius 3 is 2.60 bits per heavy atom. The van der Waals surface area contributed by atoms with E-state index in [1.807, 2.05) is 42.7 Å². The van der Waals surface area contributed by atoms with Gasteiger partial charge in [0.05, 0.1) is 35.4 Å². The second-order valence-corrected chi connectivity index (χ2v) is 17.9. The van der Waals surface area contributed by atoms with Gasteiger partial charge >= 0.3 is 0 Å². The van der Waals surface area contributed by atoms with Crippen LogP contribution in [0.1, 0.15) is 82.4 Å². The number of aromatic nitrogens is 2. The van der Waals surface area contributed by atoms with Gasteiger partial charge in [0.15, 0.2) is 0 Å². The zero-order valence-electron chi connectivity index (χ0n) is 30.3. The highest BCUT2D eigenvalue weighted by atomic mass is 32.2. The normalized spacial score (nSPS) is 27.4. The SMILES string of the molecule is COc1ccc2c(O[C@@H]3C[C@H]4C(=O)N[C@]5(C(=O)NS(=O)(=O)C6CC6)C[C@H]5/C=C/CCCCN(C)C(=O)[C@@H]4C3)cc(-c3nc(C(C)C)cs3)nc2c1C. The van der Waals surface area contributed by atoms with Crippen LogP contribution in [-0.2, 0) is 24.4 Å². The quantitative estimate of drug-likeness (QED) is 0.294. The third-order valence-corrected chi connectivity index (χ3v) is 13.7. The Balaban J connectivity index is 1.21. The fourth-order valence-electron chi connectivity index (χ4n) is 7.55. The molecule has 0 saturated heterocycles. The van der Waals surface area contributed by atoms with Gasteiger partial charge < -0.3 is 19.7 Å². The number of allylic oxidation sites excluding steroid dienone is 1. The van der Waals surface area contributed by atoms with Crippen LogP contribution < -0.4 is 19.5 Å². The average Bonchev–Trinajstić information content (AvgIpc) is 3.98. The van der Waals surface area contributed by atoms with Gasteiger partial charge in [-0.1, -0.05) is 26.0 Å². The number of rotatable bonds is 8. The zero-order valence-corrected chi connectivity index (χ0v) is 31.9. The smallest absolute Gasteiger partial charge is 0.259 e. The number of carbonyl (C=O) groups is 3. The maximum atomic E-state index is 14.3. The number of benzene rings is 1. The molecule has 3 aromatic rings. The van der Waals surface area contributed by atoms with Crippen LogP contribution in [0.4, 0.5) is 0 Å². The van der Waals surface area contributed by atoms with E-state index >= 15 is 0 Å². The number of nitrogens with zero attached hydrogens (tertiary/aromatic N) is 3. The van der Waals surface area contributed by atoms with E-state index in [2.05, 4.69) is 23.9 Å². The molecule has 1 aliphatic heterocycles. The Kier molecular flexibility index (Phi) is 9.83. The van der Waals surface area contributed by atoms with Crippen molar-refractivity contribution in [3.8, 4) is 22.2 Å². The molecule has 52 heavy (non-hydrogen) atoms. The zero-order chi connectivity index (χ0) is 36.9. The van der Waals surface area contributed by atoms with Crippen molar-refractivity contribution < 1.29 is 32.3 Å². The summed E-state index contributed by atoms with van der Waals surface area (Å²) in [5.41, 5.74) is 1.79. The third-order valence-electron chi connectivity index (χ3n) is 11.0. The molecule has 3 aliphatic carbocycles. The van der Waals surface area contributed by atoms with E-state index in [0.717, 1.165) is 40.9 Å². The van der Waals surface area contributed by atoms with Gasteiger partial charge in [-0.25, -0.2) is 18.4 Å². The number of methoxy groups -OCH3 is 1. The van der Waals surface area contributed by atoms with Crippen LogP contribution in [-0.4, -0.2) is 78.6 Å². The maximum absolute atomic E-state index is 14.3. The van der Waals surface area contributed by atoms with Crippen molar-refractivity contribution >= 4 is 50.0 Å².